The number of benzene rings is 1. The molecule has 7 heteroatoms. The molecule has 1 amide bonds. The van der Waals surface area contributed by atoms with Crippen molar-refractivity contribution >= 4 is 35.1 Å². The molecular formula is C23H27ClN4O2. The van der Waals surface area contributed by atoms with E-state index in [9.17, 15) is 4.79 Å². The highest BCUT2D eigenvalue weighted by Crippen LogP contribution is 2.37. The zero-order chi connectivity index (χ0) is 22.1. The van der Waals surface area contributed by atoms with Crippen LogP contribution in [0.3, 0.4) is 0 Å². The molecule has 2 rings (SSSR count). The van der Waals surface area contributed by atoms with Crippen LogP contribution >= 0.6 is 11.6 Å². The smallest absolute Gasteiger partial charge is 0.255 e. The third-order valence-electron chi connectivity index (χ3n) is 4.28. The zero-order valence-electron chi connectivity index (χ0n) is 17.5. The van der Waals surface area contributed by atoms with Crippen LogP contribution in [0.2, 0.25) is 5.02 Å². The molecule has 0 radical (unpaired) electrons. The number of carbonyl (C=O) groups excluding carboxylic acids is 1. The van der Waals surface area contributed by atoms with Gasteiger partial charge in [0.05, 0.1) is 22.1 Å². The van der Waals surface area contributed by atoms with Gasteiger partial charge in [0.2, 0.25) is 0 Å². The Bertz CT molecular complexity index is 958. The Morgan fingerprint density at radius 1 is 1.37 bits per heavy atom. The third-order valence-corrected chi connectivity index (χ3v) is 4.59. The molecule has 0 saturated heterocycles. The Morgan fingerprint density at radius 3 is 2.77 bits per heavy atom. The number of nitrogens with one attached hydrogen (secondary N) is 3. The van der Waals surface area contributed by atoms with Crippen molar-refractivity contribution in [2.45, 2.75) is 13.8 Å². The third kappa shape index (κ3) is 6.12. The maximum atomic E-state index is 12.6. The maximum absolute atomic E-state index is 12.6. The molecule has 1 aliphatic heterocycles. The number of carbonyl (C=O) groups is 1. The van der Waals surface area contributed by atoms with E-state index >= 15 is 0 Å². The number of rotatable bonds is 8. The number of aliphatic imine (C=N–C) groups is 1. The Labute approximate surface area is 182 Å². The molecular weight excluding hydrogens is 400 g/mol. The number of amides is 1. The molecule has 1 heterocycles. The number of fused-ring (bicyclic) bond motifs is 1. The Balaban J connectivity index is 2.12. The van der Waals surface area contributed by atoms with Crippen molar-refractivity contribution < 1.29 is 9.53 Å². The van der Waals surface area contributed by atoms with Crippen LogP contribution in [0.25, 0.3) is 0 Å². The van der Waals surface area contributed by atoms with Crippen LogP contribution < -0.4 is 20.7 Å². The van der Waals surface area contributed by atoms with Crippen LogP contribution in [0.15, 0.2) is 77.1 Å². The van der Waals surface area contributed by atoms with E-state index in [0.29, 0.717) is 35.2 Å². The van der Waals surface area contributed by atoms with Gasteiger partial charge in [-0.3, -0.25) is 9.79 Å². The number of hydrogen-bond acceptors (Lipinski definition) is 5. The van der Waals surface area contributed by atoms with Gasteiger partial charge in [-0.2, -0.15) is 0 Å². The van der Waals surface area contributed by atoms with E-state index in [1.54, 1.807) is 50.6 Å². The normalized spacial score (nSPS) is 14.7. The summed E-state index contributed by atoms with van der Waals surface area (Å²) >= 11 is 6.39. The molecule has 0 atom stereocenters. The molecule has 0 unspecified atom stereocenters. The molecule has 0 bridgehead atoms. The maximum Gasteiger partial charge on any atom is 0.255 e. The lowest BCUT2D eigenvalue weighted by atomic mass is 10.1. The highest BCUT2D eigenvalue weighted by atomic mass is 35.5. The molecule has 0 aliphatic carbocycles. The van der Waals surface area contributed by atoms with Gasteiger partial charge in [-0.15, -0.1) is 0 Å². The van der Waals surface area contributed by atoms with Gasteiger partial charge in [0.15, 0.2) is 0 Å². The highest BCUT2D eigenvalue weighted by molar-refractivity contribution is 6.33. The summed E-state index contributed by atoms with van der Waals surface area (Å²) in [6.45, 7) is 12.2. The average molecular weight is 427 g/mol. The van der Waals surface area contributed by atoms with Crippen LogP contribution in [0.1, 0.15) is 13.8 Å². The molecule has 0 fully saturated rings. The van der Waals surface area contributed by atoms with Gasteiger partial charge in [0.1, 0.15) is 12.4 Å². The summed E-state index contributed by atoms with van der Waals surface area (Å²) in [6, 6.07) is 3.63. The van der Waals surface area contributed by atoms with Gasteiger partial charge in [0.25, 0.3) is 5.91 Å². The number of anilines is 2. The van der Waals surface area contributed by atoms with Crippen LogP contribution in [-0.2, 0) is 4.79 Å². The first-order valence-electron chi connectivity index (χ1n) is 9.46. The van der Waals surface area contributed by atoms with Crippen LogP contribution in [0.4, 0.5) is 11.4 Å². The van der Waals surface area contributed by atoms with E-state index in [4.69, 9.17) is 16.3 Å². The molecule has 1 aromatic rings. The van der Waals surface area contributed by atoms with Crippen molar-refractivity contribution in [1.29, 1.82) is 0 Å². The van der Waals surface area contributed by atoms with Gasteiger partial charge < -0.3 is 20.7 Å². The molecule has 1 aliphatic rings. The molecule has 3 N–H and O–H groups in total. The molecule has 0 spiro atoms. The second-order valence-corrected chi connectivity index (χ2v) is 6.86. The fourth-order valence-electron chi connectivity index (χ4n) is 2.68. The van der Waals surface area contributed by atoms with E-state index in [-0.39, 0.29) is 5.91 Å². The van der Waals surface area contributed by atoms with Gasteiger partial charge >= 0.3 is 0 Å². The fraction of sp³-hybridized carbons (Fsp3) is 0.217. The summed E-state index contributed by atoms with van der Waals surface area (Å²) in [6.07, 6.45) is 8.59. The van der Waals surface area contributed by atoms with Crippen LogP contribution in [0, 0.1) is 0 Å². The Hall–Kier alpha value is -3.25. The molecule has 158 valence electrons. The van der Waals surface area contributed by atoms with Gasteiger partial charge in [-0.25, -0.2) is 0 Å². The van der Waals surface area contributed by atoms with Crippen LogP contribution in [-0.4, -0.2) is 32.3 Å². The second-order valence-electron chi connectivity index (χ2n) is 6.45. The van der Waals surface area contributed by atoms with Crippen molar-refractivity contribution in [2.75, 3.05) is 30.8 Å². The number of nitrogens with zero attached hydrogens (tertiary/aromatic N) is 1. The standard InChI is InChI=1S/C23H27ClN4O2/c1-6-16(9-17(7-2)23(29)28-18(8-3)13-25-5)12-26-20-11-22-21(10-19(20)24)27-15(4)14-30-22/h6-11,13,26-27H,1,4,12,14H2,2-3,5H3,(H,28,29)/b16-9+,17-7+,18-8+,25-13?. The van der Waals surface area contributed by atoms with Gasteiger partial charge in [-0.1, -0.05) is 43.0 Å². The number of ether oxygens (including phenoxy) is 1. The minimum atomic E-state index is -0.226. The predicted molar refractivity (Wildman–Crippen MR) is 127 cm³/mol. The number of hydrogen-bond donors (Lipinski definition) is 3. The summed E-state index contributed by atoms with van der Waals surface area (Å²) in [5.74, 6) is 0.472. The molecule has 0 saturated carbocycles. The van der Waals surface area contributed by atoms with Crippen molar-refractivity contribution in [3.8, 4) is 5.75 Å². The number of halogens is 1. The first-order chi connectivity index (χ1) is 14.4. The van der Waals surface area contributed by atoms with E-state index in [1.165, 1.54) is 0 Å². The zero-order valence-corrected chi connectivity index (χ0v) is 18.3. The lowest BCUT2D eigenvalue weighted by Gasteiger charge is -2.22. The average Bonchev–Trinajstić information content (AvgIpc) is 2.73. The summed E-state index contributed by atoms with van der Waals surface area (Å²) < 4.78 is 5.67. The SMILES string of the molecule is C=C/C(=C\C(=C/C)C(=O)N/C(C=NC)=C/C)CNc1cc2c(cc1Cl)NC(=C)CO2. The van der Waals surface area contributed by atoms with E-state index in [2.05, 4.69) is 34.1 Å². The predicted octanol–water partition coefficient (Wildman–Crippen LogP) is 4.85. The first kappa shape index (κ1) is 23.0. The minimum absolute atomic E-state index is 0.226. The largest absolute Gasteiger partial charge is 0.485 e. The Kier molecular flexibility index (Phi) is 8.50. The van der Waals surface area contributed by atoms with Crippen molar-refractivity contribution in [1.82, 2.24) is 5.32 Å². The van der Waals surface area contributed by atoms with E-state index in [1.807, 2.05) is 13.0 Å². The molecule has 6 nitrogen and oxygen atoms in total. The monoisotopic (exact) mass is 426 g/mol. The van der Waals surface area contributed by atoms with Crippen molar-refractivity contribution in [2.24, 2.45) is 4.99 Å². The molecule has 0 aromatic heterocycles. The van der Waals surface area contributed by atoms with E-state index < -0.39 is 0 Å². The van der Waals surface area contributed by atoms with Crippen molar-refractivity contribution in [3.63, 3.8) is 0 Å². The van der Waals surface area contributed by atoms with Crippen LogP contribution in [0.5, 0.6) is 5.75 Å². The summed E-state index contributed by atoms with van der Waals surface area (Å²) in [5, 5.41) is 9.79. The number of allylic oxidation sites excluding steroid dienone is 3. The van der Waals surface area contributed by atoms with Gasteiger partial charge in [0, 0.05) is 37.1 Å². The lowest BCUT2D eigenvalue weighted by molar-refractivity contribution is -0.116. The summed E-state index contributed by atoms with van der Waals surface area (Å²) in [7, 11) is 1.65. The van der Waals surface area contributed by atoms with E-state index in [0.717, 1.165) is 22.6 Å². The quantitative estimate of drug-likeness (QED) is 0.315. The summed E-state index contributed by atoms with van der Waals surface area (Å²) in [4.78, 5) is 16.5. The van der Waals surface area contributed by atoms with Gasteiger partial charge in [-0.05, 0) is 31.6 Å². The van der Waals surface area contributed by atoms with Crippen molar-refractivity contribution in [3.05, 3.63) is 77.2 Å². The highest BCUT2D eigenvalue weighted by Gasteiger charge is 2.15. The summed E-state index contributed by atoms with van der Waals surface area (Å²) in [5.41, 5.74) is 4.25. The fourth-order valence-corrected chi connectivity index (χ4v) is 2.91. The Morgan fingerprint density at radius 2 is 2.13 bits per heavy atom. The second kappa shape index (κ2) is 11.1. The molecule has 30 heavy (non-hydrogen) atoms. The lowest BCUT2D eigenvalue weighted by Crippen LogP contribution is -2.24. The molecule has 1 aromatic carbocycles. The topological polar surface area (TPSA) is 74.8 Å². The minimum Gasteiger partial charge on any atom is -0.485 e. The first-order valence-corrected chi connectivity index (χ1v) is 9.83.